The molecule has 0 fully saturated rings. The van der Waals surface area contributed by atoms with E-state index in [1.807, 2.05) is 13.8 Å². The quantitative estimate of drug-likeness (QED) is 0.782. The molecule has 18 heavy (non-hydrogen) atoms. The van der Waals surface area contributed by atoms with E-state index in [2.05, 4.69) is 4.98 Å². The van der Waals surface area contributed by atoms with E-state index in [0.29, 0.717) is 14.9 Å². The second kappa shape index (κ2) is 5.39. The Bertz CT molecular complexity index is 607. The van der Waals surface area contributed by atoms with Crippen LogP contribution in [0.1, 0.15) is 25.9 Å². The molecule has 0 aliphatic rings. The van der Waals surface area contributed by atoms with Crippen molar-refractivity contribution >= 4 is 40.3 Å². The fraction of sp³-hybridized carbons (Fsp3) is 0.231. The molecular formula is C13H11Cl2NOS. The van der Waals surface area contributed by atoms with Gasteiger partial charge in [-0.2, -0.15) is 0 Å². The predicted octanol–water partition coefficient (Wildman–Crippen LogP) is 4.49. The van der Waals surface area contributed by atoms with Gasteiger partial charge in [-0.15, -0.1) is 11.3 Å². The lowest BCUT2D eigenvalue weighted by Crippen LogP contribution is -2.03. The smallest absolute Gasteiger partial charge is 0.179 e. The molecule has 0 atom stereocenters. The van der Waals surface area contributed by atoms with Crippen molar-refractivity contribution < 1.29 is 4.79 Å². The summed E-state index contributed by atoms with van der Waals surface area (Å²) in [5.74, 6) is 0.0299. The first-order chi connectivity index (χ1) is 8.47. The van der Waals surface area contributed by atoms with E-state index in [9.17, 15) is 4.79 Å². The van der Waals surface area contributed by atoms with Gasteiger partial charge in [-0.1, -0.05) is 23.2 Å². The normalized spacial score (nSPS) is 10.7. The minimum atomic E-state index is 0.0299. The monoisotopic (exact) mass is 299 g/mol. The number of ketones is 1. The molecule has 1 aromatic carbocycles. The van der Waals surface area contributed by atoms with Crippen molar-refractivity contribution in [1.29, 1.82) is 0 Å². The highest BCUT2D eigenvalue weighted by Crippen LogP contribution is 2.24. The van der Waals surface area contributed by atoms with E-state index in [4.69, 9.17) is 23.2 Å². The first-order valence-electron chi connectivity index (χ1n) is 5.38. The zero-order chi connectivity index (χ0) is 13.3. The van der Waals surface area contributed by atoms with Crippen LogP contribution in [0.25, 0.3) is 0 Å². The van der Waals surface area contributed by atoms with Gasteiger partial charge in [0.15, 0.2) is 5.78 Å². The molecule has 1 heterocycles. The van der Waals surface area contributed by atoms with Crippen molar-refractivity contribution in [2.75, 3.05) is 0 Å². The van der Waals surface area contributed by atoms with E-state index in [1.54, 1.807) is 18.2 Å². The first kappa shape index (κ1) is 13.5. The molecule has 94 valence electrons. The van der Waals surface area contributed by atoms with Gasteiger partial charge in [0.2, 0.25) is 0 Å². The molecule has 0 spiro atoms. The number of carbonyl (C=O) groups excluding carboxylic acids is 1. The maximum atomic E-state index is 12.2. The van der Waals surface area contributed by atoms with Crippen molar-refractivity contribution in [2.45, 2.75) is 20.3 Å². The maximum Gasteiger partial charge on any atom is 0.179 e. The SMILES string of the molecule is Cc1nc(C)c(C(=O)Cc2cc(Cl)ccc2Cl)s1. The van der Waals surface area contributed by atoms with Crippen LogP contribution in [0.2, 0.25) is 10.0 Å². The number of hydrogen-bond acceptors (Lipinski definition) is 3. The molecule has 0 aliphatic heterocycles. The van der Waals surface area contributed by atoms with Crippen LogP contribution in [0.15, 0.2) is 18.2 Å². The standard InChI is InChI=1S/C13H11Cl2NOS/c1-7-13(18-8(2)16-7)12(17)6-9-5-10(14)3-4-11(9)15/h3-5H,6H2,1-2H3. The lowest BCUT2D eigenvalue weighted by atomic mass is 10.1. The third-order valence-electron chi connectivity index (χ3n) is 2.52. The third kappa shape index (κ3) is 2.91. The molecule has 0 saturated heterocycles. The van der Waals surface area contributed by atoms with Gasteiger partial charge in [-0.05, 0) is 37.6 Å². The van der Waals surface area contributed by atoms with E-state index >= 15 is 0 Å². The second-order valence-electron chi connectivity index (χ2n) is 3.98. The number of rotatable bonds is 3. The third-order valence-corrected chi connectivity index (χ3v) is 4.23. The molecule has 0 bridgehead atoms. The minimum Gasteiger partial charge on any atom is -0.293 e. The lowest BCUT2D eigenvalue weighted by molar-refractivity contribution is 0.0996. The van der Waals surface area contributed by atoms with Crippen LogP contribution in [-0.4, -0.2) is 10.8 Å². The Morgan fingerprint density at radius 2 is 2.06 bits per heavy atom. The summed E-state index contributed by atoms with van der Waals surface area (Å²) in [5.41, 5.74) is 1.53. The van der Waals surface area contributed by atoms with Crippen LogP contribution >= 0.6 is 34.5 Å². The number of aromatic nitrogens is 1. The number of nitrogens with zero attached hydrogens (tertiary/aromatic N) is 1. The summed E-state index contributed by atoms with van der Waals surface area (Å²) < 4.78 is 0. The molecule has 0 unspecified atom stereocenters. The summed E-state index contributed by atoms with van der Waals surface area (Å²) in [6, 6.07) is 5.14. The molecule has 0 saturated carbocycles. The van der Waals surface area contributed by atoms with Gasteiger partial charge in [0.1, 0.15) is 0 Å². The minimum absolute atomic E-state index is 0.0299. The fourth-order valence-electron chi connectivity index (χ4n) is 1.72. The van der Waals surface area contributed by atoms with Crippen LogP contribution in [0.3, 0.4) is 0 Å². The molecular weight excluding hydrogens is 289 g/mol. The fourth-order valence-corrected chi connectivity index (χ4v) is 2.96. The van der Waals surface area contributed by atoms with Crippen molar-refractivity contribution in [3.63, 3.8) is 0 Å². The van der Waals surface area contributed by atoms with Crippen molar-refractivity contribution in [1.82, 2.24) is 4.98 Å². The largest absolute Gasteiger partial charge is 0.293 e. The van der Waals surface area contributed by atoms with Gasteiger partial charge in [0, 0.05) is 16.5 Å². The molecule has 0 N–H and O–H groups in total. The summed E-state index contributed by atoms with van der Waals surface area (Å²) in [6.07, 6.45) is 0.252. The van der Waals surface area contributed by atoms with E-state index in [0.717, 1.165) is 16.3 Å². The van der Waals surface area contributed by atoms with Gasteiger partial charge in [0.25, 0.3) is 0 Å². The maximum absolute atomic E-state index is 12.2. The van der Waals surface area contributed by atoms with E-state index in [1.165, 1.54) is 11.3 Å². The van der Waals surface area contributed by atoms with Crippen molar-refractivity contribution in [3.8, 4) is 0 Å². The van der Waals surface area contributed by atoms with Gasteiger partial charge in [-0.3, -0.25) is 4.79 Å². The molecule has 1 aromatic heterocycles. The van der Waals surface area contributed by atoms with Gasteiger partial charge < -0.3 is 0 Å². The molecule has 0 amide bonds. The highest BCUT2D eigenvalue weighted by molar-refractivity contribution is 7.13. The van der Waals surface area contributed by atoms with Crippen LogP contribution < -0.4 is 0 Å². The van der Waals surface area contributed by atoms with Crippen LogP contribution in [0.5, 0.6) is 0 Å². The number of halogens is 2. The van der Waals surface area contributed by atoms with Gasteiger partial charge in [0.05, 0.1) is 15.6 Å². The molecule has 0 aliphatic carbocycles. The Morgan fingerprint density at radius 3 is 2.67 bits per heavy atom. The highest BCUT2D eigenvalue weighted by Gasteiger charge is 2.15. The number of hydrogen-bond donors (Lipinski definition) is 0. The average Bonchev–Trinajstić information content (AvgIpc) is 2.63. The van der Waals surface area contributed by atoms with Crippen LogP contribution in [-0.2, 0) is 6.42 Å². The number of carbonyl (C=O) groups is 1. The Morgan fingerprint density at radius 1 is 1.33 bits per heavy atom. The first-order valence-corrected chi connectivity index (χ1v) is 6.96. The van der Waals surface area contributed by atoms with Crippen LogP contribution in [0, 0.1) is 13.8 Å². The highest BCUT2D eigenvalue weighted by atomic mass is 35.5. The van der Waals surface area contributed by atoms with E-state index in [-0.39, 0.29) is 12.2 Å². The topological polar surface area (TPSA) is 30.0 Å². The van der Waals surface area contributed by atoms with Crippen molar-refractivity contribution in [2.24, 2.45) is 0 Å². The van der Waals surface area contributed by atoms with Crippen molar-refractivity contribution in [3.05, 3.63) is 49.4 Å². The lowest BCUT2D eigenvalue weighted by Gasteiger charge is -2.03. The summed E-state index contributed by atoms with van der Waals surface area (Å²) in [6.45, 7) is 3.73. The predicted molar refractivity (Wildman–Crippen MR) is 76.1 cm³/mol. The number of benzene rings is 1. The zero-order valence-electron chi connectivity index (χ0n) is 9.96. The van der Waals surface area contributed by atoms with Gasteiger partial charge >= 0.3 is 0 Å². The summed E-state index contributed by atoms with van der Waals surface area (Å²) in [4.78, 5) is 17.1. The average molecular weight is 300 g/mol. The Balaban J connectivity index is 2.26. The second-order valence-corrected chi connectivity index (χ2v) is 6.03. The molecule has 0 radical (unpaired) electrons. The Hall–Kier alpha value is -0.900. The van der Waals surface area contributed by atoms with Gasteiger partial charge in [-0.25, -0.2) is 4.98 Å². The zero-order valence-corrected chi connectivity index (χ0v) is 12.3. The molecule has 2 nitrogen and oxygen atoms in total. The van der Waals surface area contributed by atoms with E-state index < -0.39 is 0 Å². The molecule has 2 rings (SSSR count). The summed E-state index contributed by atoms with van der Waals surface area (Å²) in [5, 5.41) is 2.04. The Labute approximate surface area is 120 Å². The molecule has 2 aromatic rings. The number of thiazole rings is 1. The van der Waals surface area contributed by atoms with Crippen LogP contribution in [0.4, 0.5) is 0 Å². The summed E-state index contributed by atoms with van der Waals surface area (Å²) >= 11 is 13.4. The number of Topliss-reactive ketones (excluding diaryl/α,β-unsaturated/α-hetero) is 1. The summed E-state index contributed by atoms with van der Waals surface area (Å²) in [7, 11) is 0. The molecule has 5 heteroatoms. The Kier molecular flexibility index (Phi) is 4.05. The number of aryl methyl sites for hydroxylation is 2.